The Morgan fingerprint density at radius 1 is 1.07 bits per heavy atom. The largest absolute Gasteiger partial charge is 0.278 e. The van der Waals surface area contributed by atoms with Gasteiger partial charge in [-0.1, -0.05) is 13.8 Å². The monoisotopic (exact) mass is 203 g/mol. The molecule has 0 fully saturated rings. The second-order valence-corrected chi connectivity index (χ2v) is 3.18. The molecule has 80 valence electrons. The molecule has 0 saturated carbocycles. The topological polar surface area (TPSA) is 41.6 Å². The van der Waals surface area contributed by atoms with Crippen LogP contribution in [0.2, 0.25) is 0 Å². The zero-order valence-electron chi connectivity index (χ0n) is 9.70. The number of nitrogens with one attached hydrogen (secondary N) is 1. The predicted molar refractivity (Wildman–Crippen MR) is 62.6 cm³/mol. The van der Waals surface area contributed by atoms with E-state index in [0.717, 1.165) is 22.4 Å². The molecule has 2 aromatic heterocycles. The van der Waals surface area contributed by atoms with Gasteiger partial charge in [0.15, 0.2) is 0 Å². The highest BCUT2D eigenvalue weighted by Gasteiger charge is 2.03. The molecule has 15 heavy (non-hydrogen) atoms. The third-order valence-electron chi connectivity index (χ3n) is 1.99. The van der Waals surface area contributed by atoms with Crippen LogP contribution in [0.5, 0.6) is 0 Å². The molecule has 0 spiro atoms. The molecule has 0 unspecified atom stereocenters. The van der Waals surface area contributed by atoms with Crippen LogP contribution < -0.4 is 0 Å². The van der Waals surface area contributed by atoms with Gasteiger partial charge in [-0.3, -0.25) is 10.1 Å². The van der Waals surface area contributed by atoms with Crippen molar-refractivity contribution >= 4 is 0 Å². The third-order valence-corrected chi connectivity index (χ3v) is 1.99. The van der Waals surface area contributed by atoms with Crippen LogP contribution in [0.4, 0.5) is 0 Å². The lowest BCUT2D eigenvalue weighted by atomic mass is 10.1. The van der Waals surface area contributed by atoms with Crippen LogP contribution in [0.1, 0.15) is 25.0 Å². The Morgan fingerprint density at radius 2 is 1.80 bits per heavy atom. The fraction of sp³-hybridized carbons (Fsp3) is 0.333. The molecule has 0 bridgehead atoms. The van der Waals surface area contributed by atoms with Gasteiger partial charge in [-0.05, 0) is 31.0 Å². The summed E-state index contributed by atoms with van der Waals surface area (Å²) in [7, 11) is 0. The van der Waals surface area contributed by atoms with E-state index in [0.29, 0.717) is 0 Å². The maximum absolute atomic E-state index is 4.13. The van der Waals surface area contributed by atoms with E-state index in [-0.39, 0.29) is 0 Å². The molecule has 3 nitrogen and oxygen atoms in total. The number of hydrogen-bond donors (Lipinski definition) is 1. The standard InChI is InChI=1S/C10H11N3.C2H6/c1-7-3-9(6-11-4-7)10-8(2)5-12-13-10;1-2/h3-6H,1-2H3,(H,12,13);1-2H3. The second-order valence-electron chi connectivity index (χ2n) is 3.18. The summed E-state index contributed by atoms with van der Waals surface area (Å²) in [5.74, 6) is 0. The van der Waals surface area contributed by atoms with E-state index in [4.69, 9.17) is 0 Å². The Labute approximate surface area is 90.6 Å². The number of rotatable bonds is 1. The van der Waals surface area contributed by atoms with Gasteiger partial charge in [0, 0.05) is 18.0 Å². The van der Waals surface area contributed by atoms with Gasteiger partial charge >= 0.3 is 0 Å². The van der Waals surface area contributed by atoms with Crippen molar-refractivity contribution in [3.63, 3.8) is 0 Å². The lowest BCUT2D eigenvalue weighted by molar-refractivity contribution is 1.09. The molecule has 0 saturated heterocycles. The molecule has 3 heteroatoms. The molecule has 2 rings (SSSR count). The Morgan fingerprint density at radius 3 is 2.33 bits per heavy atom. The van der Waals surface area contributed by atoms with Gasteiger partial charge < -0.3 is 0 Å². The van der Waals surface area contributed by atoms with Crippen molar-refractivity contribution in [2.24, 2.45) is 0 Å². The first-order valence-electron chi connectivity index (χ1n) is 5.19. The van der Waals surface area contributed by atoms with Gasteiger partial charge in [0.2, 0.25) is 0 Å². The molecule has 0 aromatic carbocycles. The summed E-state index contributed by atoms with van der Waals surface area (Å²) in [6.45, 7) is 8.06. The van der Waals surface area contributed by atoms with Gasteiger partial charge in [0.25, 0.3) is 0 Å². The first kappa shape index (κ1) is 11.4. The van der Waals surface area contributed by atoms with Gasteiger partial charge in [-0.15, -0.1) is 0 Å². The molecule has 2 heterocycles. The van der Waals surface area contributed by atoms with Crippen molar-refractivity contribution in [1.82, 2.24) is 15.2 Å². The zero-order valence-corrected chi connectivity index (χ0v) is 9.70. The van der Waals surface area contributed by atoms with Crippen LogP contribution >= 0.6 is 0 Å². The number of nitrogens with zero attached hydrogens (tertiary/aromatic N) is 2. The average Bonchev–Trinajstić information content (AvgIpc) is 2.67. The number of aryl methyl sites for hydroxylation is 2. The number of H-pyrrole nitrogens is 1. The molecule has 0 atom stereocenters. The first-order chi connectivity index (χ1) is 7.27. The molecule has 0 aliphatic rings. The second kappa shape index (κ2) is 5.29. The van der Waals surface area contributed by atoms with E-state index in [1.807, 2.05) is 46.3 Å². The molecule has 2 aromatic rings. The molecule has 0 amide bonds. The fourth-order valence-electron chi connectivity index (χ4n) is 1.33. The zero-order chi connectivity index (χ0) is 11.3. The third kappa shape index (κ3) is 2.65. The summed E-state index contributed by atoms with van der Waals surface area (Å²) in [5.41, 5.74) is 4.45. The number of aromatic nitrogens is 3. The van der Waals surface area contributed by atoms with Gasteiger partial charge in [-0.2, -0.15) is 5.10 Å². The SMILES string of the molecule is CC.Cc1cncc(-c2[nH]ncc2C)c1. The minimum atomic E-state index is 1.05. The molecule has 0 aliphatic carbocycles. The summed E-state index contributed by atoms with van der Waals surface area (Å²) in [6, 6.07) is 2.09. The molecule has 0 radical (unpaired) electrons. The molecule has 0 aliphatic heterocycles. The maximum atomic E-state index is 4.13. The number of pyridine rings is 1. The highest BCUT2D eigenvalue weighted by Crippen LogP contribution is 2.19. The lowest BCUT2D eigenvalue weighted by Crippen LogP contribution is -1.84. The lowest BCUT2D eigenvalue weighted by Gasteiger charge is -1.99. The summed E-state index contributed by atoms with van der Waals surface area (Å²) >= 11 is 0. The Balaban J connectivity index is 0.000000531. The van der Waals surface area contributed by atoms with Crippen molar-refractivity contribution in [1.29, 1.82) is 0 Å². The fourth-order valence-corrected chi connectivity index (χ4v) is 1.33. The van der Waals surface area contributed by atoms with Gasteiger partial charge in [0.1, 0.15) is 0 Å². The van der Waals surface area contributed by atoms with E-state index < -0.39 is 0 Å². The highest BCUT2D eigenvalue weighted by molar-refractivity contribution is 5.61. The quantitative estimate of drug-likeness (QED) is 0.773. The van der Waals surface area contributed by atoms with E-state index >= 15 is 0 Å². The minimum Gasteiger partial charge on any atom is -0.278 e. The van der Waals surface area contributed by atoms with Crippen molar-refractivity contribution in [2.45, 2.75) is 27.7 Å². The smallest absolute Gasteiger partial charge is 0.0694 e. The summed E-state index contributed by atoms with van der Waals surface area (Å²) in [5, 5.41) is 6.93. The number of aromatic amines is 1. The van der Waals surface area contributed by atoms with Crippen LogP contribution in [0.3, 0.4) is 0 Å². The van der Waals surface area contributed by atoms with Crippen molar-refractivity contribution in [3.05, 3.63) is 35.8 Å². The van der Waals surface area contributed by atoms with Crippen LogP contribution in [0, 0.1) is 13.8 Å². The van der Waals surface area contributed by atoms with Gasteiger partial charge in [0.05, 0.1) is 11.9 Å². The Bertz CT molecular complexity index is 418. The molecule has 1 N–H and O–H groups in total. The molecular formula is C12H17N3. The van der Waals surface area contributed by atoms with E-state index in [9.17, 15) is 0 Å². The Hall–Kier alpha value is -1.64. The van der Waals surface area contributed by atoms with E-state index in [1.165, 1.54) is 0 Å². The Kier molecular flexibility index (Phi) is 4.03. The molecular weight excluding hydrogens is 186 g/mol. The van der Waals surface area contributed by atoms with E-state index in [1.54, 1.807) is 0 Å². The van der Waals surface area contributed by atoms with Crippen LogP contribution in [0.25, 0.3) is 11.3 Å². The first-order valence-corrected chi connectivity index (χ1v) is 5.19. The summed E-state index contributed by atoms with van der Waals surface area (Å²) in [4.78, 5) is 4.13. The minimum absolute atomic E-state index is 1.05. The van der Waals surface area contributed by atoms with Crippen molar-refractivity contribution in [2.75, 3.05) is 0 Å². The van der Waals surface area contributed by atoms with Crippen molar-refractivity contribution < 1.29 is 0 Å². The van der Waals surface area contributed by atoms with Crippen LogP contribution in [0.15, 0.2) is 24.7 Å². The highest BCUT2D eigenvalue weighted by atomic mass is 15.1. The number of hydrogen-bond acceptors (Lipinski definition) is 2. The average molecular weight is 203 g/mol. The van der Waals surface area contributed by atoms with Crippen LogP contribution in [-0.2, 0) is 0 Å². The predicted octanol–water partition coefficient (Wildman–Crippen LogP) is 3.11. The van der Waals surface area contributed by atoms with Gasteiger partial charge in [-0.25, -0.2) is 0 Å². The van der Waals surface area contributed by atoms with E-state index in [2.05, 4.69) is 21.2 Å². The summed E-state index contributed by atoms with van der Waals surface area (Å²) in [6.07, 6.45) is 5.50. The normalized spacial score (nSPS) is 9.33. The van der Waals surface area contributed by atoms with Crippen molar-refractivity contribution in [3.8, 4) is 11.3 Å². The summed E-state index contributed by atoms with van der Waals surface area (Å²) < 4.78 is 0. The maximum Gasteiger partial charge on any atom is 0.0694 e. The van der Waals surface area contributed by atoms with Crippen LogP contribution in [-0.4, -0.2) is 15.2 Å².